The number of benzene rings is 1. The van der Waals surface area contributed by atoms with Crippen molar-refractivity contribution in [3.63, 3.8) is 0 Å². The normalized spacial score (nSPS) is 19.9. The van der Waals surface area contributed by atoms with Crippen LogP contribution < -0.4 is 9.47 Å². The molecule has 1 aliphatic heterocycles. The zero-order chi connectivity index (χ0) is 16.4. The van der Waals surface area contributed by atoms with E-state index >= 15 is 0 Å². The molecule has 1 fully saturated rings. The maximum absolute atomic E-state index is 12.2. The molecule has 1 saturated carbocycles. The van der Waals surface area contributed by atoms with Crippen molar-refractivity contribution in [2.45, 2.75) is 57.3 Å². The minimum atomic E-state index is -0.812. The Bertz CT molecular complexity index is 606. The first-order chi connectivity index (χ1) is 11.1. The van der Waals surface area contributed by atoms with Crippen LogP contribution in [0.3, 0.4) is 0 Å². The molecular formula is C18H23BrO4. The third-order valence-electron chi connectivity index (χ3n) is 5.04. The number of fused-ring (bicyclic) bond motifs is 1. The van der Waals surface area contributed by atoms with Gasteiger partial charge in [0.2, 0.25) is 0 Å². The molecule has 0 aromatic heterocycles. The van der Waals surface area contributed by atoms with Crippen LogP contribution >= 0.6 is 15.9 Å². The van der Waals surface area contributed by atoms with Gasteiger partial charge in [-0.1, -0.05) is 42.1 Å². The van der Waals surface area contributed by atoms with E-state index in [0.717, 1.165) is 59.2 Å². The smallest absolute Gasteiger partial charge is 0.314 e. The van der Waals surface area contributed by atoms with Crippen molar-refractivity contribution in [3.8, 4) is 11.5 Å². The molecule has 5 heteroatoms. The summed E-state index contributed by atoms with van der Waals surface area (Å²) in [6.07, 6.45) is 5.97. The highest BCUT2D eigenvalue weighted by molar-refractivity contribution is 9.10. The average molecular weight is 383 g/mol. The standard InChI is InChI=1S/C18H23BrO4/c1-2-12-15(18(17(20)21)7-4-3-5-8-18)13(19)11-14-16(12)23-10-6-9-22-14/h11H,2-10H2,1H3,(H,20,21). The van der Waals surface area contributed by atoms with Gasteiger partial charge in [0.15, 0.2) is 11.5 Å². The lowest BCUT2D eigenvalue weighted by Gasteiger charge is -2.36. The number of carbonyl (C=O) groups is 1. The second-order valence-electron chi connectivity index (χ2n) is 6.39. The van der Waals surface area contributed by atoms with Crippen molar-refractivity contribution in [1.82, 2.24) is 0 Å². The van der Waals surface area contributed by atoms with Crippen molar-refractivity contribution in [3.05, 3.63) is 21.7 Å². The summed E-state index contributed by atoms with van der Waals surface area (Å²) < 4.78 is 12.6. The molecule has 3 rings (SSSR count). The zero-order valence-corrected chi connectivity index (χ0v) is 15.1. The molecule has 1 aliphatic carbocycles. The summed E-state index contributed by atoms with van der Waals surface area (Å²) in [5.74, 6) is 0.753. The molecule has 0 bridgehead atoms. The van der Waals surface area contributed by atoms with Crippen LogP contribution in [0.1, 0.15) is 56.6 Å². The van der Waals surface area contributed by atoms with E-state index in [1.807, 2.05) is 6.07 Å². The second kappa shape index (κ2) is 6.71. The van der Waals surface area contributed by atoms with E-state index in [1.54, 1.807) is 0 Å². The first-order valence-corrected chi connectivity index (χ1v) is 9.24. The van der Waals surface area contributed by atoms with Gasteiger partial charge in [-0.15, -0.1) is 0 Å². The first kappa shape index (κ1) is 16.6. The summed E-state index contributed by atoms with van der Waals surface area (Å²) in [7, 11) is 0. The van der Waals surface area contributed by atoms with Gasteiger partial charge in [-0.25, -0.2) is 0 Å². The Morgan fingerprint density at radius 2 is 1.91 bits per heavy atom. The maximum Gasteiger partial charge on any atom is 0.314 e. The number of hydrogen-bond acceptors (Lipinski definition) is 3. The Hall–Kier alpha value is -1.23. The number of carboxylic acids is 1. The monoisotopic (exact) mass is 382 g/mol. The Morgan fingerprint density at radius 3 is 2.57 bits per heavy atom. The van der Waals surface area contributed by atoms with Gasteiger partial charge in [-0.2, -0.15) is 0 Å². The lowest BCUT2D eigenvalue weighted by molar-refractivity contribution is -0.145. The number of carboxylic acid groups (broad SMARTS) is 1. The van der Waals surface area contributed by atoms with Crippen LogP contribution in [0, 0.1) is 0 Å². The van der Waals surface area contributed by atoms with Crippen LogP contribution in [0.2, 0.25) is 0 Å². The van der Waals surface area contributed by atoms with Gasteiger partial charge in [0, 0.05) is 16.5 Å². The van der Waals surface area contributed by atoms with Crippen molar-refractivity contribution in [2.24, 2.45) is 0 Å². The molecule has 4 nitrogen and oxygen atoms in total. The van der Waals surface area contributed by atoms with E-state index in [2.05, 4.69) is 22.9 Å². The summed E-state index contributed by atoms with van der Waals surface area (Å²) in [5, 5.41) is 10.1. The molecule has 0 atom stereocenters. The van der Waals surface area contributed by atoms with Crippen LogP contribution in [0.25, 0.3) is 0 Å². The molecule has 0 radical (unpaired) electrons. The van der Waals surface area contributed by atoms with Crippen molar-refractivity contribution in [1.29, 1.82) is 0 Å². The van der Waals surface area contributed by atoms with Crippen LogP contribution in [-0.2, 0) is 16.6 Å². The third-order valence-corrected chi connectivity index (χ3v) is 5.66. The van der Waals surface area contributed by atoms with E-state index in [-0.39, 0.29) is 0 Å². The predicted octanol–water partition coefficient (Wildman–Crippen LogP) is 4.46. The number of rotatable bonds is 3. The van der Waals surface area contributed by atoms with Gasteiger partial charge < -0.3 is 14.6 Å². The van der Waals surface area contributed by atoms with Gasteiger partial charge in [0.25, 0.3) is 0 Å². The molecular weight excluding hydrogens is 360 g/mol. The Morgan fingerprint density at radius 1 is 1.22 bits per heavy atom. The van der Waals surface area contributed by atoms with E-state index in [1.165, 1.54) is 0 Å². The van der Waals surface area contributed by atoms with E-state index < -0.39 is 11.4 Å². The fourth-order valence-corrected chi connectivity index (χ4v) is 4.75. The minimum Gasteiger partial charge on any atom is -0.490 e. The highest BCUT2D eigenvalue weighted by atomic mass is 79.9. The van der Waals surface area contributed by atoms with E-state index in [0.29, 0.717) is 26.1 Å². The molecule has 0 spiro atoms. The Kier molecular flexibility index (Phi) is 4.85. The van der Waals surface area contributed by atoms with E-state index in [9.17, 15) is 9.90 Å². The fraction of sp³-hybridized carbons (Fsp3) is 0.611. The Labute approximate surface area is 145 Å². The van der Waals surface area contributed by atoms with E-state index in [4.69, 9.17) is 9.47 Å². The average Bonchev–Trinajstić information content (AvgIpc) is 2.79. The van der Waals surface area contributed by atoms with Gasteiger partial charge in [-0.05, 0) is 30.9 Å². The quantitative estimate of drug-likeness (QED) is 0.838. The van der Waals surface area contributed by atoms with Crippen molar-refractivity contribution >= 4 is 21.9 Å². The minimum absolute atomic E-state index is 0.612. The van der Waals surface area contributed by atoms with Crippen LogP contribution in [-0.4, -0.2) is 24.3 Å². The molecule has 1 aromatic carbocycles. The van der Waals surface area contributed by atoms with Crippen molar-refractivity contribution in [2.75, 3.05) is 13.2 Å². The highest BCUT2D eigenvalue weighted by Crippen LogP contribution is 2.49. The fourth-order valence-electron chi connectivity index (χ4n) is 3.92. The number of aliphatic carboxylic acids is 1. The molecule has 1 aromatic rings. The molecule has 23 heavy (non-hydrogen) atoms. The largest absolute Gasteiger partial charge is 0.490 e. The van der Waals surface area contributed by atoms with Crippen LogP contribution in [0.15, 0.2) is 10.5 Å². The van der Waals surface area contributed by atoms with Crippen LogP contribution in [0.4, 0.5) is 0 Å². The predicted molar refractivity (Wildman–Crippen MR) is 91.5 cm³/mol. The SMILES string of the molecule is CCc1c2c(cc(Br)c1C1(C(=O)O)CCCCC1)OCCCO2. The number of ether oxygens (including phenoxy) is 2. The van der Waals surface area contributed by atoms with Crippen LogP contribution in [0.5, 0.6) is 11.5 Å². The topological polar surface area (TPSA) is 55.8 Å². The molecule has 0 amide bonds. The summed E-state index contributed by atoms with van der Waals surface area (Å²) in [5.41, 5.74) is 1.07. The van der Waals surface area contributed by atoms with Gasteiger partial charge in [0.05, 0.1) is 18.6 Å². The molecule has 0 saturated heterocycles. The second-order valence-corrected chi connectivity index (χ2v) is 7.25. The summed E-state index contributed by atoms with van der Waals surface area (Å²) >= 11 is 3.63. The Balaban J connectivity index is 2.21. The lowest BCUT2D eigenvalue weighted by Crippen LogP contribution is -2.39. The summed E-state index contributed by atoms with van der Waals surface area (Å²) in [6, 6.07) is 1.90. The maximum atomic E-state index is 12.2. The first-order valence-electron chi connectivity index (χ1n) is 8.45. The summed E-state index contributed by atoms with van der Waals surface area (Å²) in [6.45, 7) is 3.30. The highest BCUT2D eigenvalue weighted by Gasteiger charge is 2.45. The molecule has 126 valence electrons. The number of halogens is 1. The lowest BCUT2D eigenvalue weighted by atomic mass is 9.67. The molecule has 2 aliphatic rings. The summed E-state index contributed by atoms with van der Waals surface area (Å²) in [4.78, 5) is 12.2. The molecule has 1 heterocycles. The van der Waals surface area contributed by atoms with Crippen molar-refractivity contribution < 1.29 is 19.4 Å². The van der Waals surface area contributed by atoms with Gasteiger partial charge in [0.1, 0.15) is 0 Å². The molecule has 0 unspecified atom stereocenters. The zero-order valence-electron chi connectivity index (χ0n) is 13.5. The van der Waals surface area contributed by atoms with Gasteiger partial charge in [-0.3, -0.25) is 4.79 Å². The third kappa shape index (κ3) is 2.84. The van der Waals surface area contributed by atoms with Gasteiger partial charge >= 0.3 is 5.97 Å². The number of hydrogen-bond donors (Lipinski definition) is 1. The molecule has 1 N–H and O–H groups in total.